The summed E-state index contributed by atoms with van der Waals surface area (Å²) in [5, 5.41) is 8.51. The lowest BCUT2D eigenvalue weighted by atomic mass is 10.1. The molecule has 0 heterocycles. The number of carbonyl (C=O) groups is 3. The largest absolute Gasteiger partial charge is 0.495 e. The molecule has 46 heavy (non-hydrogen) atoms. The first-order valence-corrected chi connectivity index (χ1v) is 15.6. The van der Waals surface area contributed by atoms with E-state index >= 15 is 0 Å². The van der Waals surface area contributed by atoms with E-state index in [1.165, 1.54) is 11.8 Å². The molecule has 5 rings (SSSR count). The van der Waals surface area contributed by atoms with Gasteiger partial charge in [0.1, 0.15) is 16.7 Å². The second-order valence-electron chi connectivity index (χ2n) is 10.0. The Morgan fingerprint density at radius 2 is 1.43 bits per heavy atom. The number of halogens is 1. The van der Waals surface area contributed by atoms with Crippen LogP contribution < -0.4 is 20.7 Å². The lowest BCUT2D eigenvalue weighted by Crippen LogP contribution is -2.30. The van der Waals surface area contributed by atoms with Crippen LogP contribution in [0.1, 0.15) is 26.7 Å². The molecule has 0 radical (unpaired) electrons. The molecule has 9 heteroatoms. The van der Waals surface area contributed by atoms with Gasteiger partial charge in [-0.2, -0.15) is 0 Å². The van der Waals surface area contributed by atoms with Gasteiger partial charge >= 0.3 is 0 Å². The third-order valence-electron chi connectivity index (χ3n) is 6.76. The highest BCUT2D eigenvalue weighted by Crippen LogP contribution is 2.37. The van der Waals surface area contributed by atoms with Gasteiger partial charge in [0.2, 0.25) is 5.91 Å². The van der Waals surface area contributed by atoms with Crippen molar-refractivity contribution in [3.05, 3.63) is 161 Å². The lowest BCUT2D eigenvalue weighted by molar-refractivity contribution is -0.116. The molecule has 0 aliphatic rings. The second kappa shape index (κ2) is 15.6. The van der Waals surface area contributed by atoms with Crippen LogP contribution in [-0.2, 0) is 9.59 Å². The molecular formula is C37H30ClN3O4S. The predicted octanol–water partition coefficient (Wildman–Crippen LogP) is 8.23. The first-order valence-electron chi connectivity index (χ1n) is 14.3. The van der Waals surface area contributed by atoms with Crippen LogP contribution in [0.4, 0.5) is 11.4 Å². The Balaban J connectivity index is 1.33. The van der Waals surface area contributed by atoms with Gasteiger partial charge in [-0.25, -0.2) is 0 Å². The summed E-state index contributed by atoms with van der Waals surface area (Å²) in [7, 11) is 1.56. The number of methoxy groups -OCH3 is 1. The lowest BCUT2D eigenvalue weighted by Gasteiger charge is -2.18. The number of anilines is 2. The Hall–Kier alpha value is -5.31. The van der Waals surface area contributed by atoms with Crippen molar-refractivity contribution in [1.82, 2.24) is 5.32 Å². The summed E-state index contributed by atoms with van der Waals surface area (Å²) in [6.07, 6.45) is 1.57. The fourth-order valence-electron chi connectivity index (χ4n) is 4.50. The van der Waals surface area contributed by atoms with E-state index in [0.717, 1.165) is 10.5 Å². The van der Waals surface area contributed by atoms with Crippen LogP contribution >= 0.6 is 23.4 Å². The van der Waals surface area contributed by atoms with E-state index in [0.29, 0.717) is 33.3 Å². The minimum Gasteiger partial charge on any atom is -0.495 e. The number of benzene rings is 5. The minimum atomic E-state index is -0.563. The molecular weight excluding hydrogens is 618 g/mol. The zero-order valence-electron chi connectivity index (χ0n) is 24.8. The van der Waals surface area contributed by atoms with Gasteiger partial charge in [-0.1, -0.05) is 84.4 Å². The Bertz CT molecular complexity index is 1850. The zero-order valence-corrected chi connectivity index (χ0v) is 26.3. The average molecular weight is 648 g/mol. The van der Waals surface area contributed by atoms with E-state index in [2.05, 4.69) is 16.0 Å². The maximum absolute atomic E-state index is 13.5. The molecule has 0 bridgehead atoms. The van der Waals surface area contributed by atoms with E-state index in [1.54, 1.807) is 86.0 Å². The number of nitrogens with one attached hydrogen (secondary N) is 3. The summed E-state index contributed by atoms with van der Waals surface area (Å²) in [4.78, 5) is 40.7. The third kappa shape index (κ3) is 8.65. The highest BCUT2D eigenvalue weighted by Gasteiger charge is 2.23. The Kier molecular flexibility index (Phi) is 10.9. The predicted molar refractivity (Wildman–Crippen MR) is 185 cm³/mol. The van der Waals surface area contributed by atoms with Crippen LogP contribution in [-0.4, -0.2) is 24.8 Å². The normalized spacial score (nSPS) is 11.7. The van der Waals surface area contributed by atoms with E-state index < -0.39 is 17.1 Å². The summed E-state index contributed by atoms with van der Waals surface area (Å²) in [6.45, 7) is 0. The zero-order chi connectivity index (χ0) is 32.3. The van der Waals surface area contributed by atoms with Crippen molar-refractivity contribution in [2.24, 2.45) is 0 Å². The Morgan fingerprint density at radius 1 is 0.761 bits per heavy atom. The van der Waals surface area contributed by atoms with Crippen molar-refractivity contribution >= 4 is 58.5 Å². The van der Waals surface area contributed by atoms with E-state index in [9.17, 15) is 14.4 Å². The molecule has 7 nitrogen and oxygen atoms in total. The highest BCUT2D eigenvalue weighted by molar-refractivity contribution is 8.00. The Labute approximate surface area is 276 Å². The number of hydrogen-bond donors (Lipinski definition) is 3. The van der Waals surface area contributed by atoms with Gasteiger partial charge < -0.3 is 20.7 Å². The fourth-order valence-corrected chi connectivity index (χ4v) is 5.73. The number of para-hydroxylation sites is 2. The average Bonchev–Trinajstić information content (AvgIpc) is 3.08. The van der Waals surface area contributed by atoms with Gasteiger partial charge in [0, 0.05) is 21.2 Å². The number of amides is 3. The van der Waals surface area contributed by atoms with E-state index in [4.69, 9.17) is 16.3 Å². The Morgan fingerprint density at radius 3 is 2.13 bits per heavy atom. The molecule has 0 aliphatic carbocycles. The van der Waals surface area contributed by atoms with Gasteiger partial charge in [0.05, 0.1) is 12.8 Å². The number of carbonyl (C=O) groups excluding carboxylic acids is 3. The van der Waals surface area contributed by atoms with Gasteiger partial charge in [-0.15, -0.1) is 11.8 Å². The van der Waals surface area contributed by atoms with Gasteiger partial charge in [-0.05, 0) is 77.9 Å². The molecule has 230 valence electrons. The highest BCUT2D eigenvalue weighted by atomic mass is 35.5. The number of thioether (sulfide) groups is 1. The maximum Gasteiger partial charge on any atom is 0.272 e. The summed E-state index contributed by atoms with van der Waals surface area (Å²) in [5.74, 6) is -0.573. The van der Waals surface area contributed by atoms with Crippen LogP contribution in [0.2, 0.25) is 5.02 Å². The molecule has 5 aromatic rings. The van der Waals surface area contributed by atoms with Gasteiger partial charge in [-0.3, -0.25) is 14.4 Å². The third-order valence-corrected chi connectivity index (χ3v) is 8.26. The maximum atomic E-state index is 13.5. The van der Waals surface area contributed by atoms with E-state index in [-0.39, 0.29) is 11.6 Å². The summed E-state index contributed by atoms with van der Waals surface area (Å²) >= 11 is 7.53. The molecule has 0 saturated carbocycles. The molecule has 5 aromatic carbocycles. The molecule has 0 saturated heterocycles. The van der Waals surface area contributed by atoms with Crippen molar-refractivity contribution in [2.75, 3.05) is 17.7 Å². The first kappa shape index (κ1) is 32.1. The topological polar surface area (TPSA) is 96.5 Å². The van der Waals surface area contributed by atoms with Gasteiger partial charge in [0.25, 0.3) is 11.8 Å². The quantitative estimate of drug-likeness (QED) is 0.0991. The monoisotopic (exact) mass is 647 g/mol. The molecule has 0 aromatic heterocycles. The van der Waals surface area contributed by atoms with Crippen LogP contribution in [0.25, 0.3) is 6.08 Å². The molecule has 3 N–H and O–H groups in total. The van der Waals surface area contributed by atoms with Crippen molar-refractivity contribution in [3.63, 3.8) is 0 Å². The minimum absolute atomic E-state index is 0.0479. The number of hydrogen-bond acceptors (Lipinski definition) is 5. The number of ether oxygens (including phenoxy) is 1. The second-order valence-corrected chi connectivity index (χ2v) is 11.6. The SMILES string of the molecule is COc1ccccc1NC(=O)C(Sc1ccc(NC(=O)/C(=C/c2cccc(Cl)c2)NC(=O)c2ccccc2)cc1)c1ccccc1. The first-order chi connectivity index (χ1) is 22.4. The van der Waals surface area contributed by atoms with Crippen LogP contribution in [0.5, 0.6) is 5.75 Å². The van der Waals surface area contributed by atoms with Crippen LogP contribution in [0, 0.1) is 0 Å². The van der Waals surface area contributed by atoms with Crippen LogP contribution in [0.3, 0.4) is 0 Å². The molecule has 0 aliphatic heterocycles. The molecule has 0 spiro atoms. The summed E-state index contributed by atoms with van der Waals surface area (Å²) in [6, 6.07) is 39.5. The summed E-state index contributed by atoms with van der Waals surface area (Å²) < 4.78 is 5.40. The smallest absolute Gasteiger partial charge is 0.272 e. The molecule has 0 fully saturated rings. The molecule has 1 atom stereocenters. The standard InChI is InChI=1S/C37H30ClN3O4S/c1-45-33-18-9-8-17-31(33)40-37(44)34(26-12-4-2-5-13-26)46-30-21-19-29(20-22-30)39-36(43)32(24-25-11-10-16-28(38)23-25)41-35(42)27-14-6-3-7-15-27/h2-24,34H,1H3,(H,39,43)(H,40,44)(H,41,42)/b32-24-. The number of rotatable bonds is 11. The van der Waals surface area contributed by atoms with Gasteiger partial charge in [0.15, 0.2) is 0 Å². The molecule has 1 unspecified atom stereocenters. The molecule has 3 amide bonds. The van der Waals surface area contributed by atoms with Crippen molar-refractivity contribution < 1.29 is 19.1 Å². The van der Waals surface area contributed by atoms with Crippen molar-refractivity contribution in [2.45, 2.75) is 10.1 Å². The van der Waals surface area contributed by atoms with Crippen LogP contribution in [0.15, 0.2) is 144 Å². The van der Waals surface area contributed by atoms with Crippen molar-refractivity contribution in [3.8, 4) is 5.75 Å². The van der Waals surface area contributed by atoms with E-state index in [1.807, 2.05) is 60.7 Å². The summed E-state index contributed by atoms with van der Waals surface area (Å²) in [5.41, 5.74) is 3.03. The van der Waals surface area contributed by atoms with Crippen molar-refractivity contribution in [1.29, 1.82) is 0 Å². The fraction of sp³-hybridized carbons (Fsp3) is 0.0541.